The van der Waals surface area contributed by atoms with Crippen LogP contribution in [0.5, 0.6) is 0 Å². The molecular formula is C16H19BrN2. The average molecular weight is 319 g/mol. The van der Waals surface area contributed by atoms with E-state index in [0.717, 1.165) is 17.3 Å². The number of benzene rings is 2. The molecule has 0 fully saturated rings. The molecule has 19 heavy (non-hydrogen) atoms. The van der Waals surface area contributed by atoms with Gasteiger partial charge >= 0.3 is 0 Å². The minimum Gasteiger partial charge on any atom is -0.271 e. The molecule has 3 heteroatoms. The summed E-state index contributed by atoms with van der Waals surface area (Å²) in [6.07, 6.45) is 1.87. The van der Waals surface area contributed by atoms with Gasteiger partial charge in [0.15, 0.2) is 0 Å². The van der Waals surface area contributed by atoms with Gasteiger partial charge in [-0.2, -0.15) is 0 Å². The van der Waals surface area contributed by atoms with E-state index in [1.165, 1.54) is 16.7 Å². The molecule has 2 nitrogen and oxygen atoms in total. The molecule has 1 atom stereocenters. The van der Waals surface area contributed by atoms with Crippen LogP contribution in [-0.2, 0) is 12.8 Å². The SMILES string of the molecule is Cc1cccc(CC(Cc2ccc(Br)cc2)NN)c1. The molecule has 0 bridgehead atoms. The molecule has 0 aliphatic rings. The molecule has 0 spiro atoms. The number of hydrogen-bond donors (Lipinski definition) is 2. The molecule has 0 heterocycles. The molecule has 0 aliphatic carbocycles. The second-order valence-corrected chi connectivity index (χ2v) is 5.80. The lowest BCUT2D eigenvalue weighted by Crippen LogP contribution is -2.38. The third-order valence-corrected chi connectivity index (χ3v) is 3.72. The number of nitrogens with two attached hydrogens (primary N) is 1. The lowest BCUT2D eigenvalue weighted by Gasteiger charge is -2.16. The maximum atomic E-state index is 5.68. The van der Waals surface area contributed by atoms with Crippen LogP contribution in [-0.4, -0.2) is 6.04 Å². The van der Waals surface area contributed by atoms with E-state index in [1.54, 1.807) is 0 Å². The van der Waals surface area contributed by atoms with Gasteiger partial charge in [-0.25, -0.2) is 0 Å². The summed E-state index contributed by atoms with van der Waals surface area (Å²) >= 11 is 3.45. The molecular weight excluding hydrogens is 300 g/mol. The van der Waals surface area contributed by atoms with Crippen molar-refractivity contribution >= 4 is 15.9 Å². The first-order valence-corrected chi connectivity index (χ1v) is 7.23. The van der Waals surface area contributed by atoms with Gasteiger partial charge < -0.3 is 0 Å². The Bertz CT molecular complexity index is 523. The van der Waals surface area contributed by atoms with E-state index in [9.17, 15) is 0 Å². The molecule has 0 amide bonds. The highest BCUT2D eigenvalue weighted by molar-refractivity contribution is 9.10. The molecule has 0 aliphatic heterocycles. The molecule has 2 rings (SSSR count). The van der Waals surface area contributed by atoms with Gasteiger partial charge in [-0.15, -0.1) is 0 Å². The number of nitrogens with one attached hydrogen (secondary N) is 1. The smallest absolute Gasteiger partial charge is 0.0291 e. The maximum absolute atomic E-state index is 5.68. The van der Waals surface area contributed by atoms with Crippen molar-refractivity contribution in [2.45, 2.75) is 25.8 Å². The van der Waals surface area contributed by atoms with Crippen molar-refractivity contribution in [3.63, 3.8) is 0 Å². The van der Waals surface area contributed by atoms with Gasteiger partial charge in [-0.3, -0.25) is 11.3 Å². The summed E-state index contributed by atoms with van der Waals surface area (Å²) in [5.41, 5.74) is 6.82. The zero-order chi connectivity index (χ0) is 13.7. The third kappa shape index (κ3) is 4.46. The predicted molar refractivity (Wildman–Crippen MR) is 83.8 cm³/mol. The topological polar surface area (TPSA) is 38.0 Å². The van der Waals surface area contributed by atoms with Crippen molar-refractivity contribution in [2.75, 3.05) is 0 Å². The molecule has 1 unspecified atom stereocenters. The van der Waals surface area contributed by atoms with Gasteiger partial charge in [-0.1, -0.05) is 57.9 Å². The molecule has 2 aromatic rings. The van der Waals surface area contributed by atoms with E-state index in [2.05, 4.69) is 76.8 Å². The van der Waals surface area contributed by atoms with Crippen molar-refractivity contribution in [1.82, 2.24) is 5.43 Å². The van der Waals surface area contributed by atoms with Gasteiger partial charge in [0.1, 0.15) is 0 Å². The molecule has 2 aromatic carbocycles. The summed E-state index contributed by atoms with van der Waals surface area (Å²) in [4.78, 5) is 0. The van der Waals surface area contributed by atoms with Crippen molar-refractivity contribution in [3.05, 3.63) is 69.7 Å². The normalized spacial score (nSPS) is 12.4. The fraction of sp³-hybridized carbons (Fsp3) is 0.250. The van der Waals surface area contributed by atoms with Gasteiger partial charge in [0.25, 0.3) is 0 Å². The van der Waals surface area contributed by atoms with Crippen molar-refractivity contribution in [3.8, 4) is 0 Å². The van der Waals surface area contributed by atoms with Crippen LogP contribution >= 0.6 is 15.9 Å². The van der Waals surface area contributed by atoms with Gasteiger partial charge in [0.2, 0.25) is 0 Å². The van der Waals surface area contributed by atoms with Gasteiger partial charge in [-0.05, 0) is 43.0 Å². The number of halogens is 1. The highest BCUT2D eigenvalue weighted by Gasteiger charge is 2.09. The third-order valence-electron chi connectivity index (χ3n) is 3.20. The van der Waals surface area contributed by atoms with E-state index >= 15 is 0 Å². The lowest BCUT2D eigenvalue weighted by atomic mass is 9.98. The number of hydrogen-bond acceptors (Lipinski definition) is 2. The summed E-state index contributed by atoms with van der Waals surface area (Å²) in [6.45, 7) is 2.11. The van der Waals surface area contributed by atoms with E-state index < -0.39 is 0 Å². The van der Waals surface area contributed by atoms with Crippen molar-refractivity contribution in [1.29, 1.82) is 0 Å². The fourth-order valence-corrected chi connectivity index (χ4v) is 2.48. The van der Waals surface area contributed by atoms with Crippen LogP contribution in [0.3, 0.4) is 0 Å². The standard InChI is InChI=1S/C16H19BrN2/c1-12-3-2-4-14(9-12)11-16(19-18)10-13-5-7-15(17)8-6-13/h2-9,16,19H,10-11,18H2,1H3. The molecule has 0 saturated carbocycles. The monoisotopic (exact) mass is 318 g/mol. The summed E-state index contributed by atoms with van der Waals surface area (Å²) in [5.74, 6) is 5.68. The summed E-state index contributed by atoms with van der Waals surface area (Å²) in [5, 5.41) is 0. The highest BCUT2D eigenvalue weighted by atomic mass is 79.9. The Kier molecular flexibility index (Phi) is 5.14. The first kappa shape index (κ1) is 14.3. The molecule has 0 aromatic heterocycles. The van der Waals surface area contributed by atoms with Crippen LogP contribution in [0.15, 0.2) is 53.0 Å². The Hall–Kier alpha value is -1.16. The Labute approximate surface area is 123 Å². The zero-order valence-electron chi connectivity index (χ0n) is 11.1. The molecule has 0 saturated heterocycles. The number of aryl methyl sites for hydroxylation is 1. The van der Waals surface area contributed by atoms with E-state index in [-0.39, 0.29) is 6.04 Å². The van der Waals surface area contributed by atoms with E-state index in [0.29, 0.717) is 0 Å². The first-order chi connectivity index (χ1) is 9.17. The van der Waals surface area contributed by atoms with Crippen LogP contribution in [0.2, 0.25) is 0 Å². The Balaban J connectivity index is 2.02. The lowest BCUT2D eigenvalue weighted by molar-refractivity contribution is 0.522. The van der Waals surface area contributed by atoms with Crippen LogP contribution in [0.4, 0.5) is 0 Å². The minimum atomic E-state index is 0.253. The van der Waals surface area contributed by atoms with Crippen LogP contribution in [0.1, 0.15) is 16.7 Å². The Morgan fingerprint density at radius 1 is 1.05 bits per heavy atom. The van der Waals surface area contributed by atoms with E-state index in [1.807, 2.05) is 0 Å². The van der Waals surface area contributed by atoms with Crippen molar-refractivity contribution in [2.24, 2.45) is 5.84 Å². The summed E-state index contributed by atoms with van der Waals surface area (Å²) in [7, 11) is 0. The Morgan fingerprint density at radius 3 is 2.37 bits per heavy atom. The largest absolute Gasteiger partial charge is 0.271 e. The number of hydrazine groups is 1. The van der Waals surface area contributed by atoms with Crippen LogP contribution in [0, 0.1) is 6.92 Å². The zero-order valence-corrected chi connectivity index (χ0v) is 12.7. The van der Waals surface area contributed by atoms with Crippen LogP contribution < -0.4 is 11.3 Å². The number of rotatable bonds is 5. The molecule has 3 N–H and O–H groups in total. The summed E-state index contributed by atoms with van der Waals surface area (Å²) in [6, 6.07) is 17.2. The van der Waals surface area contributed by atoms with E-state index in [4.69, 9.17) is 5.84 Å². The predicted octanol–water partition coefficient (Wildman–Crippen LogP) is 3.37. The quantitative estimate of drug-likeness (QED) is 0.655. The summed E-state index contributed by atoms with van der Waals surface area (Å²) < 4.78 is 1.10. The maximum Gasteiger partial charge on any atom is 0.0291 e. The van der Waals surface area contributed by atoms with Gasteiger partial charge in [0.05, 0.1) is 0 Å². The second kappa shape index (κ2) is 6.85. The second-order valence-electron chi connectivity index (χ2n) is 4.89. The van der Waals surface area contributed by atoms with Crippen LogP contribution in [0.25, 0.3) is 0 Å². The van der Waals surface area contributed by atoms with Gasteiger partial charge in [0, 0.05) is 10.5 Å². The average Bonchev–Trinajstić information content (AvgIpc) is 2.40. The van der Waals surface area contributed by atoms with Crippen molar-refractivity contribution < 1.29 is 0 Å². The molecule has 0 radical (unpaired) electrons. The minimum absolute atomic E-state index is 0.253. The fourth-order valence-electron chi connectivity index (χ4n) is 2.22. The molecule has 100 valence electrons. The first-order valence-electron chi connectivity index (χ1n) is 6.43. The highest BCUT2D eigenvalue weighted by Crippen LogP contribution is 2.14. The Morgan fingerprint density at radius 2 is 1.74 bits per heavy atom.